The third-order valence-electron chi connectivity index (χ3n) is 4.71. The Labute approximate surface area is 127 Å². The van der Waals surface area contributed by atoms with Crippen LogP contribution in [0.25, 0.3) is 0 Å². The maximum Gasteiger partial charge on any atom is 0.242 e. The van der Waals surface area contributed by atoms with E-state index >= 15 is 0 Å². The Hall–Kier alpha value is -1.39. The molecule has 0 bridgehead atoms. The molecule has 4 nitrogen and oxygen atoms in total. The van der Waals surface area contributed by atoms with Gasteiger partial charge in [0.25, 0.3) is 0 Å². The molecule has 4 heteroatoms. The Bertz CT molecular complexity index is 462. The van der Waals surface area contributed by atoms with Crippen LogP contribution in [0, 0.1) is 0 Å². The van der Waals surface area contributed by atoms with Gasteiger partial charge in [-0.15, -0.1) is 0 Å². The number of primary amides is 1. The van der Waals surface area contributed by atoms with Gasteiger partial charge in [0.1, 0.15) is 5.54 Å². The Kier molecular flexibility index (Phi) is 5.37. The van der Waals surface area contributed by atoms with Gasteiger partial charge < -0.3 is 16.4 Å². The van der Waals surface area contributed by atoms with Crippen molar-refractivity contribution in [3.05, 3.63) is 35.9 Å². The van der Waals surface area contributed by atoms with Crippen LogP contribution in [0.1, 0.15) is 44.6 Å². The van der Waals surface area contributed by atoms with Crippen molar-refractivity contribution in [2.45, 2.75) is 50.6 Å². The zero-order valence-electron chi connectivity index (χ0n) is 12.9. The number of amides is 1. The molecule has 2 rings (SSSR count). The minimum atomic E-state index is -1.08. The van der Waals surface area contributed by atoms with Gasteiger partial charge in [-0.25, -0.2) is 0 Å². The monoisotopic (exact) mass is 289 g/mol. The van der Waals surface area contributed by atoms with Gasteiger partial charge in [0.15, 0.2) is 0 Å². The topological polar surface area (TPSA) is 72.3 Å². The van der Waals surface area contributed by atoms with Crippen LogP contribution >= 0.6 is 0 Å². The molecule has 2 atom stereocenters. The summed E-state index contributed by atoms with van der Waals surface area (Å²) in [6.45, 7) is 4.16. The summed E-state index contributed by atoms with van der Waals surface area (Å²) in [5.41, 5.74) is 11.7. The van der Waals surface area contributed by atoms with Crippen LogP contribution in [0.5, 0.6) is 0 Å². The van der Waals surface area contributed by atoms with E-state index in [-0.39, 0.29) is 0 Å². The maximum atomic E-state index is 11.9. The zero-order valence-corrected chi connectivity index (χ0v) is 12.9. The lowest BCUT2D eigenvalue weighted by Crippen LogP contribution is -2.51. The number of likely N-dealkylation sites (tertiary alicyclic amines) is 1. The Morgan fingerprint density at radius 3 is 2.67 bits per heavy atom. The average Bonchev–Trinajstić information content (AvgIpc) is 2.70. The van der Waals surface area contributed by atoms with Crippen LogP contribution in [0.2, 0.25) is 0 Å². The van der Waals surface area contributed by atoms with Gasteiger partial charge >= 0.3 is 0 Å². The molecule has 116 valence electrons. The fraction of sp³-hybridized carbons (Fsp3) is 0.588. The summed E-state index contributed by atoms with van der Waals surface area (Å²) in [5, 5.41) is 0. The molecule has 1 amide bonds. The van der Waals surface area contributed by atoms with Crippen LogP contribution < -0.4 is 11.5 Å². The van der Waals surface area contributed by atoms with Gasteiger partial charge in [-0.1, -0.05) is 43.2 Å². The molecular formula is C17H27N3O. The predicted molar refractivity (Wildman–Crippen MR) is 85.6 cm³/mol. The smallest absolute Gasteiger partial charge is 0.242 e. The van der Waals surface area contributed by atoms with E-state index in [9.17, 15) is 4.79 Å². The number of rotatable bonds is 5. The van der Waals surface area contributed by atoms with Crippen molar-refractivity contribution >= 4 is 5.91 Å². The van der Waals surface area contributed by atoms with Crippen molar-refractivity contribution in [1.29, 1.82) is 0 Å². The lowest BCUT2D eigenvalue weighted by Gasteiger charge is -2.32. The van der Waals surface area contributed by atoms with Crippen LogP contribution in [0.15, 0.2) is 30.3 Å². The molecule has 1 aromatic rings. The van der Waals surface area contributed by atoms with Crippen molar-refractivity contribution in [3.8, 4) is 0 Å². The van der Waals surface area contributed by atoms with E-state index in [0.29, 0.717) is 12.5 Å². The highest BCUT2D eigenvalue weighted by Gasteiger charge is 2.34. The lowest BCUT2D eigenvalue weighted by atomic mass is 9.86. The van der Waals surface area contributed by atoms with Gasteiger partial charge in [0.2, 0.25) is 5.91 Å². The summed E-state index contributed by atoms with van der Waals surface area (Å²) in [5.74, 6) is -0.448. The quantitative estimate of drug-likeness (QED) is 0.870. The molecule has 1 saturated heterocycles. The minimum absolute atomic E-state index is 0.448. The van der Waals surface area contributed by atoms with E-state index in [2.05, 4.69) is 11.8 Å². The molecule has 4 N–H and O–H groups in total. The number of carbonyl (C=O) groups is 1. The van der Waals surface area contributed by atoms with Gasteiger partial charge in [-0.2, -0.15) is 0 Å². The fourth-order valence-electron chi connectivity index (χ4n) is 3.13. The molecule has 21 heavy (non-hydrogen) atoms. The number of benzene rings is 1. The second kappa shape index (κ2) is 7.05. The summed E-state index contributed by atoms with van der Waals surface area (Å²) in [6, 6.07) is 10.0. The third kappa shape index (κ3) is 3.83. The van der Waals surface area contributed by atoms with E-state index in [0.717, 1.165) is 18.7 Å². The third-order valence-corrected chi connectivity index (χ3v) is 4.71. The first kappa shape index (κ1) is 16.0. The number of hydrogen-bond acceptors (Lipinski definition) is 3. The maximum absolute atomic E-state index is 11.9. The van der Waals surface area contributed by atoms with Gasteiger partial charge in [-0.3, -0.25) is 4.79 Å². The lowest BCUT2D eigenvalue weighted by molar-refractivity contribution is -0.123. The molecule has 1 fully saturated rings. The molecule has 1 aliphatic rings. The van der Waals surface area contributed by atoms with Crippen molar-refractivity contribution in [3.63, 3.8) is 0 Å². The highest BCUT2D eigenvalue weighted by Crippen LogP contribution is 2.24. The molecule has 1 aliphatic heterocycles. The molecular weight excluding hydrogens is 262 g/mol. The summed E-state index contributed by atoms with van der Waals surface area (Å²) in [7, 11) is 0. The van der Waals surface area contributed by atoms with Crippen molar-refractivity contribution < 1.29 is 4.79 Å². The zero-order chi connectivity index (χ0) is 15.3. The second-order valence-electron chi connectivity index (χ2n) is 6.19. The van der Waals surface area contributed by atoms with E-state index < -0.39 is 11.4 Å². The Balaban J connectivity index is 2.08. The van der Waals surface area contributed by atoms with Crippen LogP contribution in [-0.4, -0.2) is 29.9 Å². The Morgan fingerprint density at radius 1 is 1.29 bits per heavy atom. The fourth-order valence-corrected chi connectivity index (χ4v) is 3.13. The summed E-state index contributed by atoms with van der Waals surface area (Å²) in [4.78, 5) is 14.4. The summed E-state index contributed by atoms with van der Waals surface area (Å²) < 4.78 is 0. The molecule has 0 spiro atoms. The van der Waals surface area contributed by atoms with Gasteiger partial charge in [0, 0.05) is 12.6 Å². The summed E-state index contributed by atoms with van der Waals surface area (Å²) >= 11 is 0. The minimum Gasteiger partial charge on any atom is -0.368 e. The average molecular weight is 289 g/mol. The standard InChI is InChI=1S/C17H27N3O/c1-14-8-4-3-7-12-20(14)13-11-17(19,16(18)21)15-9-5-2-6-10-15/h2,5-6,9-10,14H,3-4,7-8,11-13,19H2,1H3,(H2,18,21). The molecule has 0 saturated carbocycles. The first-order valence-electron chi connectivity index (χ1n) is 7.92. The van der Waals surface area contributed by atoms with E-state index in [1.807, 2.05) is 30.3 Å². The number of hydrogen-bond donors (Lipinski definition) is 2. The highest BCUT2D eigenvalue weighted by molar-refractivity contribution is 5.85. The normalized spacial score (nSPS) is 23.2. The van der Waals surface area contributed by atoms with Gasteiger partial charge in [0.05, 0.1) is 0 Å². The molecule has 1 heterocycles. The predicted octanol–water partition coefficient (Wildman–Crippen LogP) is 1.98. The second-order valence-corrected chi connectivity index (χ2v) is 6.19. The number of carbonyl (C=O) groups excluding carboxylic acids is 1. The highest BCUT2D eigenvalue weighted by atomic mass is 16.1. The van der Waals surface area contributed by atoms with E-state index in [1.54, 1.807) is 0 Å². The van der Waals surface area contributed by atoms with Crippen molar-refractivity contribution in [2.24, 2.45) is 11.5 Å². The SMILES string of the molecule is CC1CCCCCN1CCC(N)(C(N)=O)c1ccccc1. The van der Waals surface area contributed by atoms with Crippen molar-refractivity contribution in [2.75, 3.05) is 13.1 Å². The molecule has 0 aromatic heterocycles. The molecule has 0 radical (unpaired) electrons. The van der Waals surface area contributed by atoms with Crippen LogP contribution in [0.4, 0.5) is 0 Å². The molecule has 2 unspecified atom stereocenters. The largest absolute Gasteiger partial charge is 0.368 e. The van der Waals surface area contributed by atoms with Gasteiger partial charge in [-0.05, 0) is 38.3 Å². The van der Waals surface area contributed by atoms with E-state index in [1.165, 1.54) is 25.7 Å². The number of nitrogens with two attached hydrogens (primary N) is 2. The number of nitrogens with zero attached hydrogens (tertiary/aromatic N) is 1. The Morgan fingerprint density at radius 2 is 2.00 bits per heavy atom. The van der Waals surface area contributed by atoms with Crippen LogP contribution in [-0.2, 0) is 10.3 Å². The summed E-state index contributed by atoms with van der Waals surface area (Å²) in [6.07, 6.45) is 5.60. The van der Waals surface area contributed by atoms with E-state index in [4.69, 9.17) is 11.5 Å². The van der Waals surface area contributed by atoms with Crippen molar-refractivity contribution in [1.82, 2.24) is 4.90 Å². The molecule has 1 aromatic carbocycles. The molecule has 0 aliphatic carbocycles. The van der Waals surface area contributed by atoms with Crippen LogP contribution in [0.3, 0.4) is 0 Å². The first-order valence-corrected chi connectivity index (χ1v) is 7.92. The first-order chi connectivity index (χ1) is 10.0.